The van der Waals surface area contributed by atoms with E-state index in [4.69, 9.17) is 25.8 Å². The Bertz CT molecular complexity index is 835. The number of hydrogen-bond donors (Lipinski definition) is 1. The Kier molecular flexibility index (Phi) is 8.80. The van der Waals surface area contributed by atoms with E-state index in [9.17, 15) is 4.79 Å². The van der Waals surface area contributed by atoms with Gasteiger partial charge in [0.25, 0.3) is 0 Å². The molecule has 0 unspecified atom stereocenters. The van der Waals surface area contributed by atoms with Crippen molar-refractivity contribution in [1.82, 2.24) is 5.43 Å². The minimum Gasteiger partial charge on any atom is -0.497 e. The maximum absolute atomic E-state index is 12.1. The highest BCUT2D eigenvalue weighted by Gasteiger charge is 2.13. The highest BCUT2D eigenvalue weighted by molar-refractivity contribution is 6.32. The lowest BCUT2D eigenvalue weighted by Crippen LogP contribution is -2.19. The molecule has 6 nitrogen and oxygen atoms in total. The predicted molar refractivity (Wildman–Crippen MR) is 115 cm³/mol. The van der Waals surface area contributed by atoms with Gasteiger partial charge in [-0.05, 0) is 48.2 Å². The molecule has 0 aliphatic rings. The first-order valence-corrected chi connectivity index (χ1v) is 9.84. The summed E-state index contributed by atoms with van der Waals surface area (Å²) in [5.74, 6) is 1.95. The second-order valence-corrected chi connectivity index (χ2v) is 7.19. The van der Waals surface area contributed by atoms with Crippen LogP contribution >= 0.6 is 11.6 Å². The number of carbonyl (C=O) groups excluding carboxylic acids is 1. The zero-order valence-corrected chi connectivity index (χ0v) is 18.0. The fourth-order valence-electron chi connectivity index (χ4n) is 2.46. The molecule has 156 valence electrons. The van der Waals surface area contributed by atoms with Crippen LogP contribution in [-0.2, 0) is 11.2 Å². The van der Waals surface area contributed by atoms with Crippen LogP contribution in [0.4, 0.5) is 0 Å². The third kappa shape index (κ3) is 7.31. The molecule has 0 atom stereocenters. The summed E-state index contributed by atoms with van der Waals surface area (Å²) in [7, 11) is 1.60. The number of ether oxygens (including phenoxy) is 3. The number of methoxy groups -OCH3 is 1. The summed E-state index contributed by atoms with van der Waals surface area (Å²) in [5, 5.41) is 4.45. The van der Waals surface area contributed by atoms with Gasteiger partial charge in [0.05, 0.1) is 38.0 Å². The molecule has 0 fully saturated rings. The van der Waals surface area contributed by atoms with Crippen LogP contribution in [0.15, 0.2) is 41.5 Å². The highest BCUT2D eigenvalue weighted by atomic mass is 35.5. The van der Waals surface area contributed by atoms with Crippen molar-refractivity contribution in [2.45, 2.75) is 27.2 Å². The largest absolute Gasteiger partial charge is 0.497 e. The van der Waals surface area contributed by atoms with Crippen molar-refractivity contribution in [3.05, 3.63) is 52.5 Å². The van der Waals surface area contributed by atoms with Crippen molar-refractivity contribution in [3.63, 3.8) is 0 Å². The van der Waals surface area contributed by atoms with Gasteiger partial charge in [-0.1, -0.05) is 37.6 Å². The van der Waals surface area contributed by atoms with Gasteiger partial charge in [0.15, 0.2) is 11.5 Å². The van der Waals surface area contributed by atoms with Crippen LogP contribution < -0.4 is 19.6 Å². The molecule has 1 N–H and O–H groups in total. The third-order valence-electron chi connectivity index (χ3n) is 3.82. The summed E-state index contributed by atoms with van der Waals surface area (Å²) in [5.41, 5.74) is 4.08. The Hall–Kier alpha value is -2.73. The van der Waals surface area contributed by atoms with Crippen LogP contribution in [0.2, 0.25) is 5.02 Å². The third-order valence-corrected chi connectivity index (χ3v) is 4.10. The minimum atomic E-state index is -0.223. The molecule has 0 saturated heterocycles. The molecule has 0 aromatic heterocycles. The monoisotopic (exact) mass is 418 g/mol. The number of hydrogen-bond acceptors (Lipinski definition) is 5. The van der Waals surface area contributed by atoms with Gasteiger partial charge >= 0.3 is 0 Å². The number of benzene rings is 2. The maximum Gasteiger partial charge on any atom is 0.244 e. The van der Waals surface area contributed by atoms with Crippen molar-refractivity contribution in [3.8, 4) is 17.2 Å². The molecule has 2 rings (SSSR count). The van der Waals surface area contributed by atoms with Gasteiger partial charge in [-0.3, -0.25) is 4.79 Å². The Balaban J connectivity index is 2.01. The topological polar surface area (TPSA) is 69.2 Å². The molecule has 0 spiro atoms. The number of carbonyl (C=O) groups is 1. The minimum absolute atomic E-state index is 0.217. The maximum atomic E-state index is 12.1. The summed E-state index contributed by atoms with van der Waals surface area (Å²) < 4.78 is 16.5. The van der Waals surface area contributed by atoms with E-state index >= 15 is 0 Å². The molecule has 0 saturated carbocycles. The molecule has 2 aromatic carbocycles. The highest BCUT2D eigenvalue weighted by Crippen LogP contribution is 2.36. The molecule has 0 heterocycles. The Labute approximate surface area is 176 Å². The Morgan fingerprint density at radius 3 is 2.55 bits per heavy atom. The van der Waals surface area contributed by atoms with E-state index in [1.807, 2.05) is 31.2 Å². The number of hydrazone groups is 1. The zero-order valence-electron chi connectivity index (χ0n) is 17.2. The molecule has 0 radical (unpaired) electrons. The molecule has 0 aliphatic carbocycles. The van der Waals surface area contributed by atoms with Gasteiger partial charge < -0.3 is 14.2 Å². The Morgan fingerprint density at radius 1 is 1.21 bits per heavy atom. The average Bonchev–Trinajstić information content (AvgIpc) is 2.68. The summed E-state index contributed by atoms with van der Waals surface area (Å²) in [6.07, 6.45) is 1.74. The zero-order chi connectivity index (χ0) is 21.2. The van der Waals surface area contributed by atoms with Crippen LogP contribution in [0.3, 0.4) is 0 Å². The first-order valence-electron chi connectivity index (χ1n) is 9.46. The lowest BCUT2D eigenvalue weighted by molar-refractivity contribution is -0.120. The normalized spacial score (nSPS) is 11.0. The van der Waals surface area contributed by atoms with Crippen molar-refractivity contribution in [2.24, 2.45) is 11.0 Å². The Morgan fingerprint density at radius 2 is 1.93 bits per heavy atom. The summed E-state index contributed by atoms with van der Waals surface area (Å²) in [6.45, 7) is 7.02. The van der Waals surface area contributed by atoms with Crippen molar-refractivity contribution in [2.75, 3.05) is 20.3 Å². The smallest absolute Gasteiger partial charge is 0.244 e. The molecular formula is C22H27ClN2O4. The second kappa shape index (κ2) is 11.3. The van der Waals surface area contributed by atoms with Crippen LogP contribution in [0, 0.1) is 5.92 Å². The molecule has 1 amide bonds. The van der Waals surface area contributed by atoms with Crippen molar-refractivity contribution >= 4 is 23.7 Å². The summed E-state index contributed by atoms with van der Waals surface area (Å²) in [6, 6.07) is 10.8. The number of amides is 1. The average molecular weight is 419 g/mol. The lowest BCUT2D eigenvalue weighted by Gasteiger charge is -2.15. The van der Waals surface area contributed by atoms with Crippen molar-refractivity contribution < 1.29 is 19.0 Å². The van der Waals surface area contributed by atoms with Gasteiger partial charge in [-0.15, -0.1) is 0 Å². The molecular weight excluding hydrogens is 392 g/mol. The van der Waals surface area contributed by atoms with E-state index < -0.39 is 0 Å². The fraction of sp³-hybridized carbons (Fsp3) is 0.364. The van der Waals surface area contributed by atoms with Crippen molar-refractivity contribution in [1.29, 1.82) is 0 Å². The summed E-state index contributed by atoms with van der Waals surface area (Å²) in [4.78, 5) is 12.1. The van der Waals surface area contributed by atoms with Gasteiger partial charge in [0.2, 0.25) is 5.91 Å². The molecule has 2 aromatic rings. The second-order valence-electron chi connectivity index (χ2n) is 6.79. The summed E-state index contributed by atoms with van der Waals surface area (Å²) >= 11 is 6.36. The van der Waals surface area contributed by atoms with Gasteiger partial charge in [-0.25, -0.2) is 5.43 Å². The van der Waals surface area contributed by atoms with E-state index in [1.54, 1.807) is 19.2 Å². The standard InChI is InChI=1S/C22H27ClN2O4/c1-5-28-20-11-17(10-19(23)22(20)29-14-15(2)3)13-24-25-21(26)12-16-6-8-18(27-4)9-7-16/h6-11,13,15H,5,12,14H2,1-4H3,(H,25,26)/b24-13-. The van der Waals surface area contributed by atoms with Gasteiger partial charge in [0, 0.05) is 0 Å². The van der Waals surface area contributed by atoms with E-state index in [0.29, 0.717) is 41.2 Å². The number of nitrogens with zero attached hydrogens (tertiary/aromatic N) is 1. The first-order chi connectivity index (χ1) is 13.9. The van der Waals surface area contributed by atoms with E-state index in [2.05, 4.69) is 24.4 Å². The first kappa shape index (κ1) is 22.6. The molecule has 29 heavy (non-hydrogen) atoms. The van der Waals surface area contributed by atoms with E-state index in [1.165, 1.54) is 6.21 Å². The van der Waals surface area contributed by atoms with E-state index in [-0.39, 0.29) is 12.3 Å². The lowest BCUT2D eigenvalue weighted by atomic mass is 10.1. The SMILES string of the molecule is CCOc1cc(/C=N\NC(=O)Cc2ccc(OC)cc2)cc(Cl)c1OCC(C)C. The fourth-order valence-corrected chi connectivity index (χ4v) is 2.74. The van der Waals surface area contributed by atoms with E-state index in [0.717, 1.165) is 11.3 Å². The van der Waals surface area contributed by atoms with Crippen LogP contribution in [0.5, 0.6) is 17.2 Å². The number of halogens is 1. The number of rotatable bonds is 10. The van der Waals surface area contributed by atoms with Gasteiger partial charge in [-0.2, -0.15) is 5.10 Å². The predicted octanol–water partition coefficient (Wildman–Crippen LogP) is 4.47. The van der Waals surface area contributed by atoms with Crippen LogP contribution in [0.1, 0.15) is 31.9 Å². The molecule has 0 bridgehead atoms. The molecule has 0 aliphatic heterocycles. The number of nitrogens with one attached hydrogen (secondary N) is 1. The van der Waals surface area contributed by atoms with Crippen LogP contribution in [-0.4, -0.2) is 32.4 Å². The molecule has 7 heteroatoms. The van der Waals surface area contributed by atoms with Crippen LogP contribution in [0.25, 0.3) is 0 Å². The van der Waals surface area contributed by atoms with Gasteiger partial charge in [0.1, 0.15) is 5.75 Å². The quantitative estimate of drug-likeness (QED) is 0.456.